The third kappa shape index (κ3) is 4.40. The Morgan fingerprint density at radius 1 is 1.23 bits per heavy atom. The molecule has 1 aromatic carbocycles. The van der Waals surface area contributed by atoms with E-state index >= 15 is 0 Å². The second kappa shape index (κ2) is 9.10. The van der Waals surface area contributed by atoms with E-state index in [-0.39, 0.29) is 17.3 Å². The molecule has 0 amide bonds. The lowest BCUT2D eigenvalue weighted by molar-refractivity contribution is -0.0980. The maximum Gasteiger partial charge on any atom is 0.275 e. The van der Waals surface area contributed by atoms with Gasteiger partial charge in [-0.15, -0.1) is 11.3 Å². The highest BCUT2D eigenvalue weighted by Gasteiger charge is 2.35. The number of hydrogen-bond acceptors (Lipinski definition) is 6. The van der Waals surface area contributed by atoms with Gasteiger partial charge in [-0.25, -0.2) is 4.68 Å². The molecule has 1 saturated heterocycles. The molecular formula is C24H31N3O3S. The smallest absolute Gasteiger partial charge is 0.275 e. The van der Waals surface area contributed by atoms with Crippen molar-refractivity contribution in [3.05, 3.63) is 46.1 Å². The molecule has 6 nitrogen and oxygen atoms in total. The van der Waals surface area contributed by atoms with E-state index in [9.17, 15) is 4.79 Å². The summed E-state index contributed by atoms with van der Waals surface area (Å²) in [6, 6.07) is 9.91. The molecule has 4 rings (SSSR count). The van der Waals surface area contributed by atoms with Crippen molar-refractivity contribution < 1.29 is 9.47 Å². The zero-order valence-corrected chi connectivity index (χ0v) is 19.6. The largest absolute Gasteiger partial charge is 0.494 e. The molecular weight excluding hydrogens is 410 g/mol. The van der Waals surface area contributed by atoms with E-state index in [0.29, 0.717) is 6.61 Å². The molecule has 2 aromatic heterocycles. The summed E-state index contributed by atoms with van der Waals surface area (Å²) in [6.45, 7) is 8.85. The van der Waals surface area contributed by atoms with Crippen LogP contribution in [0.4, 0.5) is 0 Å². The molecule has 166 valence electrons. The maximum atomic E-state index is 12.6. The van der Waals surface area contributed by atoms with E-state index in [4.69, 9.17) is 9.47 Å². The van der Waals surface area contributed by atoms with Crippen LogP contribution in [0.25, 0.3) is 21.3 Å². The van der Waals surface area contributed by atoms with E-state index in [0.717, 1.165) is 53.0 Å². The highest BCUT2D eigenvalue weighted by Crippen LogP contribution is 2.31. The summed E-state index contributed by atoms with van der Waals surface area (Å²) in [5, 5.41) is 7.35. The van der Waals surface area contributed by atoms with Gasteiger partial charge in [0.15, 0.2) is 0 Å². The Balaban J connectivity index is 1.43. The number of fused-ring (bicyclic) bond motifs is 1. The van der Waals surface area contributed by atoms with Crippen molar-refractivity contribution in [1.29, 1.82) is 0 Å². The number of nitrogens with zero attached hydrogens (tertiary/aromatic N) is 3. The molecule has 0 spiro atoms. The van der Waals surface area contributed by atoms with Gasteiger partial charge in [0.2, 0.25) is 0 Å². The average Bonchev–Trinajstić information content (AvgIpc) is 3.40. The Morgan fingerprint density at radius 3 is 2.71 bits per heavy atom. The van der Waals surface area contributed by atoms with Crippen LogP contribution in [-0.2, 0) is 4.74 Å². The van der Waals surface area contributed by atoms with Crippen molar-refractivity contribution in [1.82, 2.24) is 14.7 Å². The molecule has 7 heteroatoms. The summed E-state index contributed by atoms with van der Waals surface area (Å²) in [7, 11) is 1.79. The molecule has 0 unspecified atom stereocenters. The van der Waals surface area contributed by atoms with E-state index in [2.05, 4.69) is 16.9 Å². The Hall–Kier alpha value is -2.22. The Kier molecular flexibility index (Phi) is 6.46. The minimum absolute atomic E-state index is 0.00808. The van der Waals surface area contributed by atoms with Crippen molar-refractivity contribution in [3.8, 4) is 17.0 Å². The van der Waals surface area contributed by atoms with Crippen LogP contribution >= 0.6 is 11.3 Å². The fraction of sp³-hybridized carbons (Fsp3) is 0.500. The minimum Gasteiger partial charge on any atom is -0.494 e. The van der Waals surface area contributed by atoms with Crippen molar-refractivity contribution in [2.45, 2.75) is 51.8 Å². The van der Waals surface area contributed by atoms with Crippen LogP contribution < -0.4 is 10.3 Å². The van der Waals surface area contributed by atoms with Crippen molar-refractivity contribution in [2.24, 2.45) is 0 Å². The van der Waals surface area contributed by atoms with Crippen molar-refractivity contribution in [2.75, 3.05) is 26.8 Å². The second-order valence-corrected chi connectivity index (χ2v) is 9.47. The first-order chi connectivity index (χ1) is 14.9. The average molecular weight is 442 g/mol. The summed E-state index contributed by atoms with van der Waals surface area (Å²) in [6.07, 6.45) is 3.22. The predicted molar refractivity (Wildman–Crippen MR) is 126 cm³/mol. The summed E-state index contributed by atoms with van der Waals surface area (Å²) in [4.78, 5) is 15.0. The maximum absolute atomic E-state index is 12.6. The molecule has 0 bridgehead atoms. The number of ether oxygens (including phenoxy) is 2. The molecule has 31 heavy (non-hydrogen) atoms. The fourth-order valence-corrected chi connectivity index (χ4v) is 5.14. The quantitative estimate of drug-likeness (QED) is 0.464. The van der Waals surface area contributed by atoms with Gasteiger partial charge in [0.25, 0.3) is 5.56 Å². The monoisotopic (exact) mass is 441 g/mol. The Morgan fingerprint density at radius 2 is 2.00 bits per heavy atom. The normalized spacial score (nSPS) is 19.5. The summed E-state index contributed by atoms with van der Waals surface area (Å²) < 4.78 is 14.2. The molecule has 1 fully saturated rings. The van der Waals surface area contributed by atoms with Gasteiger partial charge >= 0.3 is 0 Å². The number of benzene rings is 1. The summed E-state index contributed by atoms with van der Waals surface area (Å²) in [5.41, 5.74) is 1.67. The lowest BCUT2D eigenvalue weighted by Gasteiger charge is -2.33. The minimum atomic E-state index is -0.131. The summed E-state index contributed by atoms with van der Waals surface area (Å²) in [5.74, 6) is 0.847. The highest BCUT2D eigenvalue weighted by atomic mass is 32.1. The first-order valence-electron chi connectivity index (χ1n) is 11.0. The van der Waals surface area contributed by atoms with Crippen LogP contribution in [0, 0.1) is 0 Å². The Labute approximate surface area is 187 Å². The van der Waals surface area contributed by atoms with E-state index in [1.54, 1.807) is 23.1 Å². The molecule has 0 radical (unpaired) electrons. The van der Waals surface area contributed by atoms with Gasteiger partial charge < -0.3 is 9.47 Å². The van der Waals surface area contributed by atoms with Gasteiger partial charge in [-0.3, -0.25) is 9.69 Å². The third-order valence-electron chi connectivity index (χ3n) is 6.16. The first-order valence-corrected chi connectivity index (χ1v) is 11.8. The molecule has 1 aliphatic rings. The van der Waals surface area contributed by atoms with E-state index in [1.807, 2.05) is 49.6 Å². The van der Waals surface area contributed by atoms with Gasteiger partial charge in [-0.2, -0.15) is 5.10 Å². The highest BCUT2D eigenvalue weighted by molar-refractivity contribution is 7.17. The van der Waals surface area contributed by atoms with Gasteiger partial charge in [-0.05, 0) is 75.7 Å². The second-order valence-electron chi connectivity index (χ2n) is 8.55. The van der Waals surface area contributed by atoms with E-state index in [1.165, 1.54) is 6.42 Å². The topological polar surface area (TPSA) is 56.6 Å². The van der Waals surface area contributed by atoms with Crippen molar-refractivity contribution in [3.63, 3.8) is 0 Å². The molecule has 1 aliphatic heterocycles. The lowest BCUT2D eigenvalue weighted by Crippen LogP contribution is -2.43. The fourth-order valence-electron chi connectivity index (χ4n) is 4.25. The van der Waals surface area contributed by atoms with Gasteiger partial charge in [0.1, 0.15) is 17.2 Å². The standard InChI is InChI=1S/C24H31N3O3S/c1-17(2)27-23(28)20-11-16-31-22(20)21(25-27)18-7-9-19(10-8-18)30-15-6-14-26-13-5-12-24(26,3)29-4/h7-11,16-17H,5-6,12-15H2,1-4H3/t24-/m0/s1. The number of methoxy groups -OCH3 is 1. The van der Waals surface area contributed by atoms with Crippen LogP contribution in [0.1, 0.15) is 46.1 Å². The van der Waals surface area contributed by atoms with Gasteiger partial charge in [0.05, 0.1) is 22.7 Å². The molecule has 3 heterocycles. The van der Waals surface area contributed by atoms with Crippen LogP contribution in [-0.4, -0.2) is 47.2 Å². The molecule has 3 aromatic rings. The zero-order chi connectivity index (χ0) is 22.0. The molecule has 0 saturated carbocycles. The number of hydrogen-bond donors (Lipinski definition) is 0. The Bertz CT molecular complexity index is 1090. The van der Waals surface area contributed by atoms with Crippen LogP contribution in [0.15, 0.2) is 40.5 Å². The summed E-state index contributed by atoms with van der Waals surface area (Å²) >= 11 is 1.56. The van der Waals surface area contributed by atoms with Gasteiger partial charge in [0, 0.05) is 25.8 Å². The zero-order valence-electron chi connectivity index (χ0n) is 18.8. The number of likely N-dealkylation sites (tertiary alicyclic amines) is 1. The predicted octanol–water partition coefficient (Wildman–Crippen LogP) is 4.93. The number of aromatic nitrogens is 2. The molecule has 0 aliphatic carbocycles. The molecule has 1 atom stereocenters. The molecule has 0 N–H and O–H groups in total. The van der Waals surface area contributed by atoms with Crippen LogP contribution in [0.3, 0.4) is 0 Å². The van der Waals surface area contributed by atoms with Gasteiger partial charge in [-0.1, -0.05) is 0 Å². The third-order valence-corrected chi connectivity index (χ3v) is 7.08. The van der Waals surface area contributed by atoms with E-state index < -0.39 is 0 Å². The number of rotatable bonds is 8. The van der Waals surface area contributed by atoms with Crippen LogP contribution in [0.5, 0.6) is 5.75 Å². The number of thiophene rings is 1. The van der Waals surface area contributed by atoms with Crippen LogP contribution in [0.2, 0.25) is 0 Å². The first kappa shape index (κ1) is 22.0. The van der Waals surface area contributed by atoms with Crippen molar-refractivity contribution >= 4 is 21.4 Å². The SMILES string of the molecule is CO[C@@]1(C)CCCN1CCCOc1ccc(-c2nn(C(C)C)c(=O)c3ccsc23)cc1. The lowest BCUT2D eigenvalue weighted by atomic mass is 10.1.